The minimum atomic E-state index is 0.291. The molecule has 2 heteroatoms. The molecule has 0 radical (unpaired) electrons. The van der Waals surface area contributed by atoms with E-state index >= 15 is 0 Å². The Hall–Kier alpha value is -0.550. The molecule has 0 spiro atoms. The van der Waals surface area contributed by atoms with E-state index in [2.05, 4.69) is 31.9 Å². The van der Waals surface area contributed by atoms with Crippen LogP contribution in [0.4, 0.5) is 0 Å². The van der Waals surface area contributed by atoms with E-state index in [0.29, 0.717) is 11.5 Å². The van der Waals surface area contributed by atoms with Gasteiger partial charge in [0.05, 0.1) is 6.07 Å². The third kappa shape index (κ3) is 1.98. The molecule has 1 fully saturated rings. The van der Waals surface area contributed by atoms with Crippen molar-refractivity contribution in [3.63, 3.8) is 0 Å². The lowest BCUT2D eigenvalue weighted by atomic mass is 9.82. The molecule has 1 heterocycles. The Balaban J connectivity index is 2.52. The van der Waals surface area contributed by atoms with E-state index in [9.17, 15) is 0 Å². The van der Waals surface area contributed by atoms with Crippen molar-refractivity contribution in [2.24, 2.45) is 5.92 Å². The van der Waals surface area contributed by atoms with Crippen molar-refractivity contribution in [3.8, 4) is 6.07 Å². The van der Waals surface area contributed by atoms with Gasteiger partial charge in [0, 0.05) is 12.0 Å². The topological polar surface area (TPSA) is 27.0 Å². The van der Waals surface area contributed by atoms with Crippen LogP contribution < -0.4 is 0 Å². The summed E-state index contributed by atoms with van der Waals surface area (Å²) in [6.45, 7) is 5.66. The van der Waals surface area contributed by atoms with Gasteiger partial charge in [0.1, 0.15) is 0 Å². The first-order valence-corrected chi connectivity index (χ1v) is 4.64. The average Bonchev–Trinajstić information content (AvgIpc) is 1.97. The molecule has 1 unspecified atom stereocenters. The Morgan fingerprint density at radius 2 is 2.25 bits per heavy atom. The van der Waals surface area contributed by atoms with Gasteiger partial charge in [-0.05, 0) is 46.2 Å². The summed E-state index contributed by atoms with van der Waals surface area (Å²) in [5, 5.41) is 8.59. The van der Waals surface area contributed by atoms with Crippen LogP contribution in [0.2, 0.25) is 0 Å². The Bertz CT molecular complexity index is 191. The van der Waals surface area contributed by atoms with Crippen LogP contribution in [0.3, 0.4) is 0 Å². The van der Waals surface area contributed by atoms with Crippen LogP contribution in [-0.4, -0.2) is 24.0 Å². The number of nitriles is 1. The predicted octanol–water partition coefficient (Wildman–Crippen LogP) is 2.02. The van der Waals surface area contributed by atoms with Gasteiger partial charge < -0.3 is 4.90 Å². The molecule has 0 aliphatic carbocycles. The number of nitrogens with zero attached hydrogens (tertiary/aromatic N) is 2. The number of piperidine rings is 1. The van der Waals surface area contributed by atoms with E-state index < -0.39 is 0 Å². The molecule has 1 aliphatic rings. The summed E-state index contributed by atoms with van der Waals surface area (Å²) in [5.74, 6) is 0.626. The maximum absolute atomic E-state index is 8.59. The van der Waals surface area contributed by atoms with E-state index in [4.69, 9.17) is 5.26 Å². The maximum Gasteiger partial charge on any atom is 0.0624 e. The number of hydrogen-bond acceptors (Lipinski definition) is 2. The number of rotatable bonds is 1. The second-order valence-electron chi connectivity index (χ2n) is 4.46. The minimum Gasteiger partial charge on any atom is -0.301 e. The third-order valence-corrected chi connectivity index (χ3v) is 3.07. The molecule has 0 aromatic carbocycles. The predicted molar refractivity (Wildman–Crippen MR) is 49.7 cm³/mol. The third-order valence-electron chi connectivity index (χ3n) is 3.07. The smallest absolute Gasteiger partial charge is 0.0624 e. The zero-order valence-corrected chi connectivity index (χ0v) is 8.30. The van der Waals surface area contributed by atoms with Gasteiger partial charge >= 0.3 is 0 Å². The number of likely N-dealkylation sites (tertiary alicyclic amines) is 1. The molecule has 1 aliphatic heterocycles. The highest BCUT2D eigenvalue weighted by Crippen LogP contribution is 2.31. The molecule has 2 nitrogen and oxygen atoms in total. The molecule has 0 aromatic rings. The molecule has 1 saturated heterocycles. The lowest BCUT2D eigenvalue weighted by Crippen LogP contribution is -2.47. The average molecular weight is 166 g/mol. The van der Waals surface area contributed by atoms with Crippen molar-refractivity contribution in [1.82, 2.24) is 4.90 Å². The molecule has 0 bridgehead atoms. The van der Waals surface area contributed by atoms with Gasteiger partial charge in [0.25, 0.3) is 0 Å². The van der Waals surface area contributed by atoms with Crippen LogP contribution in [0.1, 0.15) is 33.1 Å². The van der Waals surface area contributed by atoms with Gasteiger partial charge in [-0.15, -0.1) is 0 Å². The molecular formula is C10H18N2. The summed E-state index contributed by atoms with van der Waals surface area (Å²) in [5.41, 5.74) is 0.291. The quantitative estimate of drug-likeness (QED) is 0.596. The normalized spacial score (nSPS) is 29.7. The standard InChI is InChI=1S/C10H18N2/c1-10(2)8-9(4-6-11)5-7-12(10)3/h9H,4-5,7-8H2,1-3H3. The van der Waals surface area contributed by atoms with Gasteiger partial charge in [-0.1, -0.05) is 0 Å². The van der Waals surface area contributed by atoms with Gasteiger partial charge in [-0.3, -0.25) is 0 Å². The first-order valence-electron chi connectivity index (χ1n) is 4.64. The lowest BCUT2D eigenvalue weighted by Gasteiger charge is -2.43. The zero-order valence-electron chi connectivity index (χ0n) is 8.30. The largest absolute Gasteiger partial charge is 0.301 e. The van der Waals surface area contributed by atoms with E-state index in [1.54, 1.807) is 0 Å². The summed E-state index contributed by atoms with van der Waals surface area (Å²) in [6, 6.07) is 2.27. The van der Waals surface area contributed by atoms with Crippen LogP contribution in [0, 0.1) is 17.2 Å². The highest BCUT2D eigenvalue weighted by molar-refractivity contribution is 4.90. The van der Waals surface area contributed by atoms with Gasteiger partial charge in [-0.2, -0.15) is 5.26 Å². The van der Waals surface area contributed by atoms with Crippen molar-refractivity contribution >= 4 is 0 Å². The SMILES string of the molecule is CN1CCC(CC#N)CC1(C)C. The maximum atomic E-state index is 8.59. The second-order valence-corrected chi connectivity index (χ2v) is 4.46. The molecule has 12 heavy (non-hydrogen) atoms. The highest BCUT2D eigenvalue weighted by atomic mass is 15.2. The van der Waals surface area contributed by atoms with Crippen molar-refractivity contribution in [2.45, 2.75) is 38.6 Å². The van der Waals surface area contributed by atoms with Crippen molar-refractivity contribution in [1.29, 1.82) is 5.26 Å². The fourth-order valence-corrected chi connectivity index (χ4v) is 1.95. The molecule has 0 aromatic heterocycles. The second kappa shape index (κ2) is 3.45. The fraction of sp³-hybridized carbons (Fsp3) is 0.900. The fourth-order valence-electron chi connectivity index (χ4n) is 1.95. The zero-order chi connectivity index (χ0) is 9.19. The van der Waals surface area contributed by atoms with Crippen LogP contribution in [0.25, 0.3) is 0 Å². The van der Waals surface area contributed by atoms with E-state index in [1.807, 2.05) is 0 Å². The Labute approximate surface area is 75.2 Å². The van der Waals surface area contributed by atoms with Gasteiger partial charge in [-0.25, -0.2) is 0 Å². The first kappa shape index (κ1) is 9.54. The summed E-state index contributed by atoms with van der Waals surface area (Å²) >= 11 is 0. The van der Waals surface area contributed by atoms with Crippen molar-refractivity contribution in [2.75, 3.05) is 13.6 Å². The Kier molecular flexibility index (Phi) is 2.74. The minimum absolute atomic E-state index is 0.291. The summed E-state index contributed by atoms with van der Waals surface area (Å²) in [4.78, 5) is 2.39. The van der Waals surface area contributed by atoms with Crippen LogP contribution in [0.15, 0.2) is 0 Å². The molecule has 0 N–H and O–H groups in total. The summed E-state index contributed by atoms with van der Waals surface area (Å²) < 4.78 is 0. The summed E-state index contributed by atoms with van der Waals surface area (Å²) in [7, 11) is 2.17. The Morgan fingerprint density at radius 1 is 1.58 bits per heavy atom. The molecule has 0 saturated carbocycles. The number of hydrogen-bond donors (Lipinski definition) is 0. The van der Waals surface area contributed by atoms with Crippen LogP contribution in [-0.2, 0) is 0 Å². The Morgan fingerprint density at radius 3 is 2.75 bits per heavy atom. The monoisotopic (exact) mass is 166 g/mol. The van der Waals surface area contributed by atoms with E-state index in [-0.39, 0.29) is 0 Å². The van der Waals surface area contributed by atoms with Crippen molar-refractivity contribution in [3.05, 3.63) is 0 Å². The van der Waals surface area contributed by atoms with Gasteiger partial charge in [0.15, 0.2) is 0 Å². The molecule has 1 atom stereocenters. The van der Waals surface area contributed by atoms with E-state index in [0.717, 1.165) is 19.4 Å². The first-order chi connectivity index (χ1) is 5.56. The van der Waals surface area contributed by atoms with Crippen molar-refractivity contribution < 1.29 is 0 Å². The molecule has 68 valence electrons. The van der Waals surface area contributed by atoms with E-state index in [1.165, 1.54) is 6.42 Å². The lowest BCUT2D eigenvalue weighted by molar-refractivity contribution is 0.0737. The summed E-state index contributed by atoms with van der Waals surface area (Å²) in [6.07, 6.45) is 3.09. The van der Waals surface area contributed by atoms with Crippen LogP contribution >= 0.6 is 0 Å². The molecule has 0 amide bonds. The highest BCUT2D eigenvalue weighted by Gasteiger charge is 2.31. The molecular weight excluding hydrogens is 148 g/mol. The molecule has 1 rings (SSSR count). The van der Waals surface area contributed by atoms with Gasteiger partial charge in [0.2, 0.25) is 0 Å². The van der Waals surface area contributed by atoms with Crippen LogP contribution in [0.5, 0.6) is 0 Å².